The third-order valence-corrected chi connectivity index (χ3v) is 2.92. The molecule has 6 heteroatoms. The average Bonchev–Trinajstić information content (AvgIpc) is 2.64. The number of aliphatic carboxylic acids is 1. The molecular weight excluding hydrogens is 246 g/mol. The van der Waals surface area contributed by atoms with Crippen LogP contribution in [0.1, 0.15) is 6.42 Å². The highest BCUT2D eigenvalue weighted by Gasteiger charge is 2.32. The number of anilines is 1. The molecule has 1 heterocycles. The maximum absolute atomic E-state index is 11.6. The van der Waals surface area contributed by atoms with Crippen molar-refractivity contribution in [3.63, 3.8) is 0 Å². The van der Waals surface area contributed by atoms with Crippen molar-refractivity contribution >= 4 is 29.2 Å². The summed E-state index contributed by atoms with van der Waals surface area (Å²) in [5, 5.41) is 20.7. The summed E-state index contributed by atoms with van der Waals surface area (Å²) in [6, 6.07) is 4.26. The molecular formula is C11H9ClNO4-. The molecule has 1 atom stereocenters. The van der Waals surface area contributed by atoms with Gasteiger partial charge in [-0.05, 0) is 18.2 Å². The van der Waals surface area contributed by atoms with Crippen molar-refractivity contribution in [3.05, 3.63) is 23.2 Å². The molecule has 1 aliphatic rings. The predicted molar refractivity (Wildman–Crippen MR) is 58.6 cm³/mol. The van der Waals surface area contributed by atoms with E-state index in [0.717, 1.165) is 0 Å². The summed E-state index contributed by atoms with van der Waals surface area (Å²) in [5.74, 6) is -2.58. The van der Waals surface area contributed by atoms with Gasteiger partial charge >= 0.3 is 0 Å². The standard InChI is InChI=1S/C11H10ClNO4/c12-7-1-2-9(14)8(4-7)13-5-6(11(16)17)3-10(13)15/h1-2,4,6,14H,3,5H2,(H,16,17)/p-1/t6-/m0/s1. The Morgan fingerprint density at radius 1 is 1.53 bits per heavy atom. The number of phenols is 1. The second-order valence-electron chi connectivity index (χ2n) is 3.86. The fourth-order valence-electron chi connectivity index (χ4n) is 1.81. The first-order valence-electron chi connectivity index (χ1n) is 4.99. The number of hydrogen-bond acceptors (Lipinski definition) is 4. The molecule has 0 bridgehead atoms. The second kappa shape index (κ2) is 4.25. The van der Waals surface area contributed by atoms with Crippen molar-refractivity contribution in [3.8, 4) is 5.75 Å². The summed E-state index contributed by atoms with van der Waals surface area (Å²) < 4.78 is 0. The lowest BCUT2D eigenvalue weighted by molar-refractivity contribution is -0.310. The first-order valence-corrected chi connectivity index (χ1v) is 5.36. The van der Waals surface area contributed by atoms with E-state index in [0.29, 0.717) is 5.02 Å². The third-order valence-electron chi connectivity index (χ3n) is 2.69. The van der Waals surface area contributed by atoms with Crippen molar-refractivity contribution < 1.29 is 19.8 Å². The largest absolute Gasteiger partial charge is 0.550 e. The first kappa shape index (κ1) is 11.7. The van der Waals surface area contributed by atoms with Gasteiger partial charge in [-0.2, -0.15) is 0 Å². The van der Waals surface area contributed by atoms with E-state index >= 15 is 0 Å². The number of halogens is 1. The Kier molecular flexibility index (Phi) is 2.93. The van der Waals surface area contributed by atoms with E-state index in [4.69, 9.17) is 11.6 Å². The maximum atomic E-state index is 11.6. The highest BCUT2D eigenvalue weighted by atomic mass is 35.5. The van der Waals surface area contributed by atoms with Gasteiger partial charge in [0, 0.05) is 29.9 Å². The zero-order valence-electron chi connectivity index (χ0n) is 8.72. The van der Waals surface area contributed by atoms with Crippen LogP contribution in [0.4, 0.5) is 5.69 Å². The topological polar surface area (TPSA) is 80.7 Å². The van der Waals surface area contributed by atoms with Crippen molar-refractivity contribution in [1.29, 1.82) is 0 Å². The van der Waals surface area contributed by atoms with Gasteiger partial charge in [-0.3, -0.25) is 4.79 Å². The molecule has 1 aromatic rings. The SMILES string of the molecule is O=C([O-])[C@H]1CC(=O)N(c2cc(Cl)ccc2O)C1. The molecule has 1 aromatic carbocycles. The number of carboxylic acid groups (broad SMARTS) is 1. The van der Waals surface area contributed by atoms with Crippen LogP contribution in [0, 0.1) is 5.92 Å². The predicted octanol–water partition coefficient (Wildman–Crippen LogP) is 0.148. The summed E-state index contributed by atoms with van der Waals surface area (Å²) >= 11 is 5.76. The Bertz CT molecular complexity index is 488. The zero-order chi connectivity index (χ0) is 12.6. The molecule has 0 aliphatic carbocycles. The van der Waals surface area contributed by atoms with E-state index in [2.05, 4.69) is 0 Å². The zero-order valence-corrected chi connectivity index (χ0v) is 9.48. The minimum Gasteiger partial charge on any atom is -0.550 e. The van der Waals surface area contributed by atoms with Gasteiger partial charge in [0.2, 0.25) is 5.91 Å². The van der Waals surface area contributed by atoms with Gasteiger partial charge in [-0.25, -0.2) is 0 Å². The molecule has 5 nitrogen and oxygen atoms in total. The molecule has 0 radical (unpaired) electrons. The molecule has 1 aliphatic heterocycles. The van der Waals surface area contributed by atoms with Crippen LogP contribution in [0.15, 0.2) is 18.2 Å². The monoisotopic (exact) mass is 254 g/mol. The number of carbonyl (C=O) groups excluding carboxylic acids is 2. The molecule has 1 fully saturated rings. The third kappa shape index (κ3) is 2.19. The van der Waals surface area contributed by atoms with Crippen LogP contribution in [0.3, 0.4) is 0 Å². The lowest BCUT2D eigenvalue weighted by atomic mass is 10.1. The molecule has 0 saturated carbocycles. The van der Waals surface area contributed by atoms with Crippen LogP contribution in [-0.4, -0.2) is 23.5 Å². The second-order valence-corrected chi connectivity index (χ2v) is 4.29. The van der Waals surface area contributed by atoms with Crippen LogP contribution in [0.5, 0.6) is 5.75 Å². The molecule has 1 saturated heterocycles. The number of aromatic hydroxyl groups is 1. The Balaban J connectivity index is 2.32. The minimum absolute atomic E-state index is 0.00489. The van der Waals surface area contributed by atoms with Crippen molar-refractivity contribution in [1.82, 2.24) is 0 Å². The number of rotatable bonds is 2. The van der Waals surface area contributed by atoms with E-state index < -0.39 is 11.9 Å². The molecule has 0 aromatic heterocycles. The van der Waals surface area contributed by atoms with E-state index in [1.54, 1.807) is 0 Å². The number of phenolic OH excluding ortho intramolecular Hbond substituents is 1. The molecule has 17 heavy (non-hydrogen) atoms. The molecule has 0 spiro atoms. The van der Waals surface area contributed by atoms with Crippen LogP contribution < -0.4 is 10.0 Å². The van der Waals surface area contributed by atoms with Crippen molar-refractivity contribution in [2.24, 2.45) is 5.92 Å². The Labute approximate surface area is 102 Å². The molecule has 1 amide bonds. The number of nitrogens with zero attached hydrogens (tertiary/aromatic N) is 1. The van der Waals surface area contributed by atoms with Crippen molar-refractivity contribution in [2.45, 2.75) is 6.42 Å². The number of carbonyl (C=O) groups is 2. The van der Waals surface area contributed by atoms with Crippen LogP contribution >= 0.6 is 11.6 Å². The summed E-state index contributed by atoms with van der Waals surface area (Å²) in [4.78, 5) is 23.5. The Morgan fingerprint density at radius 3 is 2.82 bits per heavy atom. The Morgan fingerprint density at radius 2 is 2.24 bits per heavy atom. The molecule has 0 unspecified atom stereocenters. The van der Waals surface area contributed by atoms with E-state index in [1.807, 2.05) is 0 Å². The van der Waals surface area contributed by atoms with Gasteiger partial charge in [-0.1, -0.05) is 11.6 Å². The minimum atomic E-state index is -1.26. The Hall–Kier alpha value is -1.75. The average molecular weight is 255 g/mol. The number of hydrogen-bond donors (Lipinski definition) is 1. The highest BCUT2D eigenvalue weighted by molar-refractivity contribution is 6.31. The van der Waals surface area contributed by atoms with Crippen molar-refractivity contribution in [2.75, 3.05) is 11.4 Å². The maximum Gasteiger partial charge on any atom is 0.227 e. The van der Waals surface area contributed by atoms with Gasteiger partial charge in [-0.15, -0.1) is 0 Å². The normalized spacial score (nSPS) is 19.7. The van der Waals surface area contributed by atoms with E-state index in [9.17, 15) is 19.8 Å². The van der Waals surface area contributed by atoms with Crippen LogP contribution in [0.25, 0.3) is 0 Å². The van der Waals surface area contributed by atoms with E-state index in [1.165, 1.54) is 23.1 Å². The van der Waals surface area contributed by atoms with E-state index in [-0.39, 0.29) is 30.3 Å². The lowest BCUT2D eigenvalue weighted by Crippen LogP contribution is -2.33. The quantitative estimate of drug-likeness (QED) is 0.815. The van der Waals surface area contributed by atoms with Gasteiger partial charge in [0.05, 0.1) is 5.69 Å². The van der Waals surface area contributed by atoms with Gasteiger partial charge in [0.25, 0.3) is 0 Å². The lowest BCUT2D eigenvalue weighted by Gasteiger charge is -2.18. The van der Waals surface area contributed by atoms with Crippen LogP contribution in [0.2, 0.25) is 5.02 Å². The molecule has 1 N–H and O–H groups in total. The fourth-order valence-corrected chi connectivity index (χ4v) is 1.98. The summed E-state index contributed by atoms with van der Waals surface area (Å²) in [7, 11) is 0. The number of benzene rings is 1. The number of carboxylic acids is 1. The smallest absolute Gasteiger partial charge is 0.227 e. The van der Waals surface area contributed by atoms with Gasteiger partial charge in [0.15, 0.2) is 0 Å². The van der Waals surface area contributed by atoms with Crippen LogP contribution in [-0.2, 0) is 9.59 Å². The molecule has 90 valence electrons. The summed E-state index contributed by atoms with van der Waals surface area (Å²) in [6.45, 7) is -0.00489. The van der Waals surface area contributed by atoms with Gasteiger partial charge in [0.1, 0.15) is 5.75 Å². The first-order chi connectivity index (χ1) is 7.99. The summed E-state index contributed by atoms with van der Waals surface area (Å²) in [6.07, 6.45) is -0.117. The fraction of sp³-hybridized carbons (Fsp3) is 0.273. The number of amides is 1. The van der Waals surface area contributed by atoms with Gasteiger partial charge < -0.3 is 19.9 Å². The summed E-state index contributed by atoms with van der Waals surface area (Å²) in [5.41, 5.74) is 0.228. The molecule has 2 rings (SSSR count). The highest BCUT2D eigenvalue weighted by Crippen LogP contribution is 2.34.